The zero-order valence-corrected chi connectivity index (χ0v) is 8.33. The van der Waals surface area contributed by atoms with Crippen LogP contribution in [0.1, 0.15) is 12.5 Å². The van der Waals surface area contributed by atoms with Gasteiger partial charge >= 0.3 is 18.9 Å². The van der Waals surface area contributed by atoms with E-state index in [2.05, 4.69) is 50.2 Å². The number of benzene rings is 1. The van der Waals surface area contributed by atoms with Gasteiger partial charge in [-0.05, 0) is 14.1 Å². The fraction of sp³-hybridized carbons (Fsp3) is 0.300. The molecule has 0 amide bonds. The van der Waals surface area contributed by atoms with Gasteiger partial charge in [-0.25, -0.2) is 0 Å². The number of hydrogen-bond donors (Lipinski definition) is 0. The molecule has 0 spiro atoms. The summed E-state index contributed by atoms with van der Waals surface area (Å²) in [6.45, 7) is 2.12. The van der Waals surface area contributed by atoms with Crippen LogP contribution in [0.3, 0.4) is 0 Å². The second kappa shape index (κ2) is 5.32. The Balaban J connectivity index is 0.00000121. The fourth-order valence-corrected chi connectivity index (χ4v) is 0.938. The van der Waals surface area contributed by atoms with Gasteiger partial charge in [0.15, 0.2) is 0 Å². The zero-order chi connectivity index (χ0) is 8.27. The first-order valence-electron chi connectivity index (χ1n) is 3.78. The SMILES string of the molecule is C[C-](c1ccccc1)N(C)C.[Li+]. The molecule has 2 heteroatoms. The molecule has 1 aromatic carbocycles. The van der Waals surface area contributed by atoms with Gasteiger partial charge in [-0.15, -0.1) is 18.2 Å². The predicted molar refractivity (Wildman–Crippen MR) is 48.1 cm³/mol. The largest absolute Gasteiger partial charge is 1.00 e. The number of rotatable bonds is 2. The first-order chi connectivity index (χ1) is 5.22. The van der Waals surface area contributed by atoms with Crippen LogP contribution < -0.4 is 18.9 Å². The van der Waals surface area contributed by atoms with Crippen molar-refractivity contribution < 1.29 is 18.9 Å². The molecule has 0 aliphatic rings. The molecule has 0 aromatic heterocycles. The Bertz CT molecular complexity index is 208. The maximum absolute atomic E-state index is 2.12. The second-order valence-corrected chi connectivity index (χ2v) is 2.85. The third kappa shape index (κ3) is 2.95. The molecule has 0 radical (unpaired) electrons. The van der Waals surface area contributed by atoms with Crippen molar-refractivity contribution in [3.05, 3.63) is 41.9 Å². The summed E-state index contributed by atoms with van der Waals surface area (Å²) in [5, 5.41) is 0. The summed E-state index contributed by atoms with van der Waals surface area (Å²) >= 11 is 0. The molecule has 0 saturated carbocycles. The molecule has 60 valence electrons. The third-order valence-electron chi connectivity index (χ3n) is 1.86. The van der Waals surface area contributed by atoms with Crippen LogP contribution in [0.25, 0.3) is 0 Å². The smallest absolute Gasteiger partial charge is 0.336 e. The summed E-state index contributed by atoms with van der Waals surface area (Å²) in [6, 6.07) is 11.7. The van der Waals surface area contributed by atoms with Gasteiger partial charge < -0.3 is 4.90 Å². The molecule has 1 aromatic rings. The molecule has 0 aliphatic carbocycles. The first-order valence-corrected chi connectivity index (χ1v) is 3.78. The summed E-state index contributed by atoms with van der Waals surface area (Å²) in [6.07, 6.45) is 0. The second-order valence-electron chi connectivity index (χ2n) is 2.85. The molecule has 0 unspecified atom stereocenters. The summed E-state index contributed by atoms with van der Waals surface area (Å²) in [4.78, 5) is 2.12. The van der Waals surface area contributed by atoms with Crippen molar-refractivity contribution in [1.82, 2.24) is 4.90 Å². The fourth-order valence-electron chi connectivity index (χ4n) is 0.938. The Kier molecular flexibility index (Phi) is 5.16. The van der Waals surface area contributed by atoms with Gasteiger partial charge in [0.2, 0.25) is 0 Å². The molecule has 0 aliphatic heterocycles. The van der Waals surface area contributed by atoms with E-state index in [9.17, 15) is 0 Å². The van der Waals surface area contributed by atoms with E-state index in [0.717, 1.165) is 0 Å². The van der Waals surface area contributed by atoms with Crippen molar-refractivity contribution in [3.63, 3.8) is 0 Å². The summed E-state index contributed by atoms with van der Waals surface area (Å²) in [5.74, 6) is 0. The molecular weight excluding hydrogens is 141 g/mol. The van der Waals surface area contributed by atoms with Gasteiger partial charge in [0.05, 0.1) is 0 Å². The van der Waals surface area contributed by atoms with E-state index < -0.39 is 0 Å². The van der Waals surface area contributed by atoms with Gasteiger partial charge in [-0.2, -0.15) is 17.7 Å². The molecule has 0 N–H and O–H groups in total. The van der Waals surface area contributed by atoms with Crippen LogP contribution in [0.2, 0.25) is 0 Å². The van der Waals surface area contributed by atoms with Crippen LogP contribution >= 0.6 is 0 Å². The van der Waals surface area contributed by atoms with E-state index in [0.29, 0.717) is 0 Å². The van der Waals surface area contributed by atoms with Crippen LogP contribution in [-0.4, -0.2) is 19.0 Å². The molecule has 0 fully saturated rings. The summed E-state index contributed by atoms with van der Waals surface area (Å²) in [5.41, 5.74) is 1.29. The van der Waals surface area contributed by atoms with E-state index in [1.54, 1.807) is 0 Å². The van der Waals surface area contributed by atoms with Crippen LogP contribution in [0.5, 0.6) is 0 Å². The monoisotopic (exact) mass is 155 g/mol. The molecule has 12 heavy (non-hydrogen) atoms. The maximum Gasteiger partial charge on any atom is 1.00 e. The van der Waals surface area contributed by atoms with Crippen LogP contribution in [0.4, 0.5) is 0 Å². The predicted octanol–water partition coefficient (Wildman–Crippen LogP) is -0.848. The summed E-state index contributed by atoms with van der Waals surface area (Å²) in [7, 11) is 4.12. The van der Waals surface area contributed by atoms with Crippen molar-refractivity contribution in [2.45, 2.75) is 6.92 Å². The van der Waals surface area contributed by atoms with Crippen LogP contribution in [0, 0.1) is 6.04 Å². The minimum atomic E-state index is 0. The molecule has 0 atom stereocenters. The molecule has 1 nitrogen and oxygen atoms in total. The van der Waals surface area contributed by atoms with Gasteiger partial charge in [-0.3, -0.25) is 0 Å². The van der Waals surface area contributed by atoms with Gasteiger partial charge in [0.1, 0.15) is 0 Å². The Labute approximate surface area is 86.9 Å². The van der Waals surface area contributed by atoms with Gasteiger partial charge in [-0.1, -0.05) is 13.0 Å². The average molecular weight is 155 g/mol. The number of nitrogens with zero attached hydrogens (tertiary/aromatic N) is 1. The van der Waals surface area contributed by atoms with E-state index in [-0.39, 0.29) is 18.9 Å². The first kappa shape index (κ1) is 11.6. The molecule has 0 bridgehead atoms. The maximum atomic E-state index is 2.12. The molecule has 1 rings (SSSR count). The number of hydrogen-bond acceptors (Lipinski definition) is 1. The Morgan fingerprint density at radius 2 is 1.58 bits per heavy atom. The van der Waals surface area contributed by atoms with E-state index >= 15 is 0 Å². The Morgan fingerprint density at radius 1 is 1.08 bits per heavy atom. The van der Waals surface area contributed by atoms with Crippen molar-refractivity contribution >= 4 is 0 Å². The summed E-state index contributed by atoms with van der Waals surface area (Å²) < 4.78 is 0. The Hall–Kier alpha value is -0.353. The van der Waals surface area contributed by atoms with Crippen molar-refractivity contribution in [2.24, 2.45) is 0 Å². The van der Waals surface area contributed by atoms with E-state index in [4.69, 9.17) is 0 Å². The van der Waals surface area contributed by atoms with E-state index in [1.807, 2.05) is 6.07 Å². The third-order valence-corrected chi connectivity index (χ3v) is 1.86. The molecule has 0 heterocycles. The Morgan fingerprint density at radius 3 is 2.00 bits per heavy atom. The minimum Gasteiger partial charge on any atom is -0.336 e. The normalized spacial score (nSPS) is 9.33. The van der Waals surface area contributed by atoms with Gasteiger partial charge in [0.25, 0.3) is 0 Å². The minimum absolute atomic E-state index is 0. The molecular formula is C10H14LiN. The standard InChI is InChI=1S/C10H14N.Li/c1-9(11(2)3)10-7-5-4-6-8-10;/h4-8H,1-3H3;/q-1;+1. The van der Waals surface area contributed by atoms with Crippen molar-refractivity contribution in [2.75, 3.05) is 14.1 Å². The van der Waals surface area contributed by atoms with Gasteiger partial charge in [0, 0.05) is 0 Å². The van der Waals surface area contributed by atoms with E-state index in [1.165, 1.54) is 11.6 Å². The van der Waals surface area contributed by atoms with Crippen LogP contribution in [-0.2, 0) is 0 Å². The van der Waals surface area contributed by atoms with Crippen molar-refractivity contribution in [1.29, 1.82) is 0 Å². The van der Waals surface area contributed by atoms with Crippen LogP contribution in [0.15, 0.2) is 30.3 Å². The average Bonchev–Trinajstić information content (AvgIpc) is 2.05. The zero-order valence-electron chi connectivity index (χ0n) is 8.33. The topological polar surface area (TPSA) is 3.24 Å². The van der Waals surface area contributed by atoms with Crippen molar-refractivity contribution in [3.8, 4) is 0 Å². The molecule has 0 saturated heterocycles. The quantitative estimate of drug-likeness (QED) is 0.397.